The molecule has 1 aliphatic carbocycles. The predicted octanol–water partition coefficient (Wildman–Crippen LogP) is 1.12. The Kier molecular flexibility index (Phi) is 3.74. The van der Waals surface area contributed by atoms with Crippen LogP contribution >= 0.6 is 0 Å². The van der Waals surface area contributed by atoms with Crippen molar-refractivity contribution in [1.29, 1.82) is 0 Å². The molecule has 1 saturated carbocycles. The maximum Gasteiger partial charge on any atom is 0.226 e. The number of amides is 1. The summed E-state index contributed by atoms with van der Waals surface area (Å²) in [7, 11) is 1.98. The third kappa shape index (κ3) is 2.44. The number of rotatable bonds is 4. The van der Waals surface area contributed by atoms with Crippen molar-refractivity contribution in [3.63, 3.8) is 0 Å². The van der Waals surface area contributed by atoms with Crippen molar-refractivity contribution < 1.29 is 9.53 Å². The van der Waals surface area contributed by atoms with Gasteiger partial charge < -0.3 is 14.6 Å². The predicted molar refractivity (Wildman–Crippen MR) is 73.0 cm³/mol. The molecule has 20 heavy (non-hydrogen) atoms. The van der Waals surface area contributed by atoms with Crippen LogP contribution in [-0.2, 0) is 23.1 Å². The molecule has 6 heteroatoms. The molecule has 2 aliphatic rings. The minimum absolute atomic E-state index is 0.0139. The van der Waals surface area contributed by atoms with Crippen LogP contribution < -0.4 is 5.32 Å². The van der Waals surface area contributed by atoms with E-state index in [9.17, 15) is 4.79 Å². The van der Waals surface area contributed by atoms with Gasteiger partial charge in [-0.15, -0.1) is 10.2 Å². The third-order valence-corrected chi connectivity index (χ3v) is 4.60. The zero-order valence-electron chi connectivity index (χ0n) is 12.1. The van der Waals surface area contributed by atoms with Crippen molar-refractivity contribution in [3.05, 3.63) is 11.6 Å². The molecule has 1 saturated heterocycles. The number of nitrogens with zero attached hydrogens (tertiary/aromatic N) is 3. The van der Waals surface area contributed by atoms with Gasteiger partial charge in [0.1, 0.15) is 5.82 Å². The van der Waals surface area contributed by atoms with Gasteiger partial charge in [0.05, 0.1) is 18.6 Å². The van der Waals surface area contributed by atoms with Gasteiger partial charge in [0.25, 0.3) is 0 Å². The van der Waals surface area contributed by atoms with Gasteiger partial charge in [0.15, 0.2) is 5.82 Å². The molecule has 3 rings (SSSR count). The summed E-state index contributed by atoms with van der Waals surface area (Å²) in [6.45, 7) is 3.07. The molecule has 1 aromatic heterocycles. The van der Waals surface area contributed by atoms with Crippen LogP contribution in [0.1, 0.15) is 50.2 Å². The SMILES string of the molecule is C[C@@H]1OCC[C@H]1C(=O)NCc1nnc(C2CCC2)n1C. The number of hydrogen-bond acceptors (Lipinski definition) is 4. The highest BCUT2D eigenvalue weighted by atomic mass is 16.5. The van der Waals surface area contributed by atoms with Gasteiger partial charge in [-0.25, -0.2) is 0 Å². The van der Waals surface area contributed by atoms with E-state index in [-0.39, 0.29) is 17.9 Å². The first-order valence-electron chi connectivity index (χ1n) is 7.44. The van der Waals surface area contributed by atoms with E-state index in [2.05, 4.69) is 15.5 Å². The second-order valence-corrected chi connectivity index (χ2v) is 5.85. The van der Waals surface area contributed by atoms with Gasteiger partial charge in [0.2, 0.25) is 5.91 Å². The molecule has 0 spiro atoms. The molecule has 1 amide bonds. The number of ether oxygens (including phenoxy) is 1. The molecule has 1 aromatic rings. The second-order valence-electron chi connectivity index (χ2n) is 5.85. The van der Waals surface area contributed by atoms with Gasteiger partial charge >= 0.3 is 0 Å². The monoisotopic (exact) mass is 278 g/mol. The fourth-order valence-electron chi connectivity index (χ4n) is 2.92. The summed E-state index contributed by atoms with van der Waals surface area (Å²) < 4.78 is 7.45. The smallest absolute Gasteiger partial charge is 0.226 e. The van der Waals surface area contributed by atoms with E-state index in [1.165, 1.54) is 19.3 Å². The van der Waals surface area contributed by atoms with Crippen LogP contribution in [0.25, 0.3) is 0 Å². The van der Waals surface area contributed by atoms with E-state index < -0.39 is 0 Å². The number of aromatic nitrogens is 3. The van der Waals surface area contributed by atoms with Crippen molar-refractivity contribution in [2.45, 2.75) is 51.2 Å². The number of hydrogen-bond donors (Lipinski definition) is 1. The molecular formula is C14H22N4O2. The molecule has 2 heterocycles. The Morgan fingerprint density at radius 1 is 1.40 bits per heavy atom. The molecule has 2 atom stereocenters. The summed E-state index contributed by atoms with van der Waals surface area (Å²) in [6.07, 6.45) is 4.51. The van der Waals surface area contributed by atoms with E-state index in [0.717, 1.165) is 18.1 Å². The number of carbonyl (C=O) groups excluding carboxylic acids is 1. The topological polar surface area (TPSA) is 69.0 Å². The molecule has 1 N–H and O–H groups in total. The van der Waals surface area contributed by atoms with Crippen molar-refractivity contribution in [2.24, 2.45) is 13.0 Å². The van der Waals surface area contributed by atoms with E-state index in [1.807, 2.05) is 18.5 Å². The number of nitrogens with one attached hydrogen (secondary N) is 1. The van der Waals surface area contributed by atoms with Gasteiger partial charge in [-0.3, -0.25) is 4.79 Å². The van der Waals surface area contributed by atoms with Crippen LogP contribution in [0.4, 0.5) is 0 Å². The average molecular weight is 278 g/mol. The maximum atomic E-state index is 12.1. The maximum absolute atomic E-state index is 12.1. The van der Waals surface area contributed by atoms with Crippen LogP contribution in [0.2, 0.25) is 0 Å². The van der Waals surface area contributed by atoms with Crippen LogP contribution in [0.5, 0.6) is 0 Å². The Hall–Kier alpha value is -1.43. The Morgan fingerprint density at radius 3 is 2.80 bits per heavy atom. The third-order valence-electron chi connectivity index (χ3n) is 4.60. The largest absolute Gasteiger partial charge is 0.378 e. The fourth-order valence-corrected chi connectivity index (χ4v) is 2.92. The van der Waals surface area contributed by atoms with E-state index in [4.69, 9.17) is 4.74 Å². The lowest BCUT2D eigenvalue weighted by molar-refractivity contribution is -0.126. The number of carbonyl (C=O) groups is 1. The minimum atomic E-state index is -0.0330. The molecular weight excluding hydrogens is 256 g/mol. The Balaban J connectivity index is 1.58. The summed E-state index contributed by atoms with van der Waals surface area (Å²) in [5, 5.41) is 11.4. The fraction of sp³-hybridized carbons (Fsp3) is 0.786. The molecule has 0 radical (unpaired) electrons. The van der Waals surface area contributed by atoms with E-state index >= 15 is 0 Å². The first-order chi connectivity index (χ1) is 9.66. The lowest BCUT2D eigenvalue weighted by atomic mass is 9.85. The molecule has 0 bridgehead atoms. The highest BCUT2D eigenvalue weighted by Gasteiger charge is 2.31. The van der Waals surface area contributed by atoms with Crippen LogP contribution in [0, 0.1) is 5.92 Å². The van der Waals surface area contributed by atoms with Crippen molar-refractivity contribution >= 4 is 5.91 Å². The molecule has 0 unspecified atom stereocenters. The molecule has 1 aliphatic heterocycles. The van der Waals surface area contributed by atoms with Gasteiger partial charge in [0, 0.05) is 19.6 Å². The summed E-state index contributed by atoms with van der Waals surface area (Å²) >= 11 is 0. The highest BCUT2D eigenvalue weighted by molar-refractivity contribution is 5.79. The van der Waals surface area contributed by atoms with Gasteiger partial charge in [-0.2, -0.15) is 0 Å². The van der Waals surface area contributed by atoms with E-state index in [1.54, 1.807) is 0 Å². The van der Waals surface area contributed by atoms with Crippen molar-refractivity contribution in [3.8, 4) is 0 Å². The minimum Gasteiger partial charge on any atom is -0.378 e. The Labute approximate surface area is 118 Å². The summed E-state index contributed by atoms with van der Waals surface area (Å²) in [5.74, 6) is 2.46. The Bertz CT molecular complexity index is 495. The van der Waals surface area contributed by atoms with Crippen LogP contribution in [0.3, 0.4) is 0 Å². The zero-order chi connectivity index (χ0) is 14.1. The van der Waals surface area contributed by atoms with E-state index in [0.29, 0.717) is 19.1 Å². The van der Waals surface area contributed by atoms with Crippen LogP contribution in [0.15, 0.2) is 0 Å². The molecule has 2 fully saturated rings. The first kappa shape index (κ1) is 13.5. The standard InChI is InChI=1S/C14H22N4O2/c1-9-11(6-7-20-9)14(19)15-8-12-16-17-13(18(12)2)10-4-3-5-10/h9-11H,3-8H2,1-2H3,(H,15,19)/t9-,11+/m0/s1. The first-order valence-corrected chi connectivity index (χ1v) is 7.44. The second kappa shape index (κ2) is 5.52. The normalized spacial score (nSPS) is 26.5. The average Bonchev–Trinajstić information content (AvgIpc) is 2.93. The van der Waals surface area contributed by atoms with Crippen molar-refractivity contribution in [2.75, 3.05) is 6.61 Å². The van der Waals surface area contributed by atoms with Gasteiger partial charge in [-0.1, -0.05) is 6.42 Å². The molecule has 110 valence electrons. The van der Waals surface area contributed by atoms with Crippen molar-refractivity contribution in [1.82, 2.24) is 20.1 Å². The highest BCUT2D eigenvalue weighted by Crippen LogP contribution is 2.35. The summed E-state index contributed by atoms with van der Waals surface area (Å²) in [4.78, 5) is 12.1. The van der Waals surface area contributed by atoms with Crippen LogP contribution in [-0.4, -0.2) is 33.4 Å². The quantitative estimate of drug-likeness (QED) is 0.896. The lowest BCUT2D eigenvalue weighted by Gasteiger charge is -2.24. The summed E-state index contributed by atoms with van der Waals surface area (Å²) in [5.41, 5.74) is 0. The zero-order valence-corrected chi connectivity index (χ0v) is 12.1. The lowest BCUT2D eigenvalue weighted by Crippen LogP contribution is -2.34. The Morgan fingerprint density at radius 2 is 2.20 bits per heavy atom. The molecule has 0 aromatic carbocycles. The van der Waals surface area contributed by atoms with Gasteiger partial charge in [-0.05, 0) is 26.2 Å². The molecule has 6 nitrogen and oxygen atoms in total. The summed E-state index contributed by atoms with van der Waals surface area (Å²) in [6, 6.07) is 0.